The minimum Gasteiger partial charge on any atom is -0.488 e. The van der Waals surface area contributed by atoms with Gasteiger partial charge in [-0.15, -0.1) is 0 Å². The van der Waals surface area contributed by atoms with Crippen LogP contribution in [0.4, 0.5) is 14.6 Å². The van der Waals surface area contributed by atoms with Gasteiger partial charge < -0.3 is 15.0 Å². The van der Waals surface area contributed by atoms with Crippen LogP contribution in [0.2, 0.25) is 0 Å². The van der Waals surface area contributed by atoms with Crippen LogP contribution in [0.25, 0.3) is 21.8 Å². The molecule has 1 fully saturated rings. The summed E-state index contributed by atoms with van der Waals surface area (Å²) in [6.07, 6.45) is 3.43. The third-order valence-electron chi connectivity index (χ3n) is 8.06. The number of aromatic nitrogens is 4. The maximum atomic E-state index is 14.4. The van der Waals surface area contributed by atoms with E-state index < -0.39 is 5.92 Å². The normalized spacial score (nSPS) is 17.9. The minimum absolute atomic E-state index is 0.0357. The summed E-state index contributed by atoms with van der Waals surface area (Å²) in [5.41, 5.74) is 3.29. The van der Waals surface area contributed by atoms with E-state index in [0.29, 0.717) is 42.5 Å². The molecular formula is C29H32F2N6O2. The zero-order valence-electron chi connectivity index (χ0n) is 22.6. The minimum atomic E-state index is -2.79. The molecule has 204 valence electrons. The summed E-state index contributed by atoms with van der Waals surface area (Å²) < 4.78 is 37.2. The maximum absolute atomic E-state index is 14.4. The average Bonchev–Trinajstić information content (AvgIpc) is 3.44. The van der Waals surface area contributed by atoms with Crippen molar-refractivity contribution in [1.82, 2.24) is 24.6 Å². The molecule has 1 aliphatic heterocycles. The van der Waals surface area contributed by atoms with Gasteiger partial charge in [-0.3, -0.25) is 9.48 Å². The topological polar surface area (TPSA) is 85.2 Å². The fourth-order valence-electron chi connectivity index (χ4n) is 6.03. The average molecular weight is 535 g/mol. The van der Waals surface area contributed by atoms with Crippen LogP contribution in [0.1, 0.15) is 61.7 Å². The van der Waals surface area contributed by atoms with Crippen LogP contribution in [0.3, 0.4) is 0 Å². The molecule has 0 unspecified atom stereocenters. The number of aryl methyl sites for hydroxylation is 2. The van der Waals surface area contributed by atoms with Gasteiger partial charge in [-0.25, -0.2) is 18.7 Å². The molecule has 4 aromatic rings. The number of alkyl halides is 2. The molecule has 10 heteroatoms. The summed E-state index contributed by atoms with van der Waals surface area (Å²) in [5.74, 6) is -0.811. The fourth-order valence-corrected chi connectivity index (χ4v) is 6.03. The Morgan fingerprint density at radius 2 is 1.97 bits per heavy atom. The van der Waals surface area contributed by atoms with Crippen LogP contribution in [0.5, 0.6) is 5.75 Å². The molecule has 3 heterocycles. The molecule has 0 bridgehead atoms. The van der Waals surface area contributed by atoms with E-state index >= 15 is 0 Å². The molecule has 2 aromatic heterocycles. The lowest BCUT2D eigenvalue weighted by Gasteiger charge is -2.31. The monoisotopic (exact) mass is 534 g/mol. The van der Waals surface area contributed by atoms with Gasteiger partial charge in [0, 0.05) is 57.3 Å². The first-order chi connectivity index (χ1) is 18.6. The summed E-state index contributed by atoms with van der Waals surface area (Å²) in [5, 5.41) is 9.62. The summed E-state index contributed by atoms with van der Waals surface area (Å²) in [6, 6.07) is 6.85. The highest BCUT2D eigenvalue weighted by atomic mass is 19.3. The Balaban J connectivity index is 1.39. The molecule has 2 aliphatic rings. The van der Waals surface area contributed by atoms with Crippen LogP contribution in [-0.4, -0.2) is 49.7 Å². The summed E-state index contributed by atoms with van der Waals surface area (Å²) in [7, 11) is 1.88. The van der Waals surface area contributed by atoms with E-state index in [1.807, 2.05) is 37.9 Å². The van der Waals surface area contributed by atoms with Gasteiger partial charge in [0.25, 0.3) is 5.92 Å². The van der Waals surface area contributed by atoms with Gasteiger partial charge in [-0.1, -0.05) is 18.2 Å². The highest BCUT2D eigenvalue weighted by Gasteiger charge is 2.40. The standard InChI is InChI=1S/C29H32F2N6O2/c1-16(20-6-5-7-24-21(20)8-11-29(24,30)31)33-28-22-14-25(39-19-9-12-37(13-10-19)18(3)38)27-23(15-32-36(27)4)26(22)34-17(2)35-28/h5-7,14-16,19H,8-13H2,1-4H3,(H,33,34,35)/t16-/m1/s1. The van der Waals surface area contributed by atoms with E-state index in [1.54, 1.807) is 23.9 Å². The molecule has 0 spiro atoms. The third-order valence-corrected chi connectivity index (χ3v) is 8.06. The molecule has 0 radical (unpaired) electrons. The Bertz CT molecular complexity index is 1590. The Hall–Kier alpha value is -3.82. The second-order valence-electron chi connectivity index (χ2n) is 10.7. The van der Waals surface area contributed by atoms with E-state index in [1.165, 1.54) is 6.07 Å². The molecule has 2 aromatic carbocycles. The van der Waals surface area contributed by atoms with Crippen LogP contribution >= 0.6 is 0 Å². The molecule has 1 N–H and O–H groups in total. The van der Waals surface area contributed by atoms with Crippen molar-refractivity contribution in [3.8, 4) is 5.75 Å². The largest absolute Gasteiger partial charge is 0.488 e. The lowest BCUT2D eigenvalue weighted by atomic mass is 9.97. The molecule has 1 aliphatic carbocycles. The molecule has 8 nitrogen and oxygen atoms in total. The first kappa shape index (κ1) is 25.5. The number of nitrogens with zero attached hydrogens (tertiary/aromatic N) is 5. The van der Waals surface area contributed by atoms with Crippen LogP contribution in [0.15, 0.2) is 30.5 Å². The quantitative estimate of drug-likeness (QED) is 0.368. The van der Waals surface area contributed by atoms with Gasteiger partial charge in [-0.2, -0.15) is 5.10 Å². The number of carbonyl (C=O) groups excluding carboxylic acids is 1. The summed E-state index contributed by atoms with van der Waals surface area (Å²) in [4.78, 5) is 23.1. The van der Waals surface area contributed by atoms with E-state index in [0.717, 1.165) is 40.2 Å². The number of likely N-dealkylation sites (tertiary alicyclic amines) is 1. The Labute approximate surface area is 225 Å². The number of amides is 1. The molecule has 1 atom stereocenters. The zero-order valence-corrected chi connectivity index (χ0v) is 22.6. The predicted molar refractivity (Wildman–Crippen MR) is 145 cm³/mol. The lowest BCUT2D eigenvalue weighted by molar-refractivity contribution is -0.130. The number of halogens is 2. The van der Waals surface area contributed by atoms with E-state index in [4.69, 9.17) is 14.7 Å². The number of hydrogen-bond acceptors (Lipinski definition) is 6. The number of rotatable bonds is 5. The Kier molecular flexibility index (Phi) is 6.15. The van der Waals surface area contributed by atoms with Gasteiger partial charge in [0.15, 0.2) is 0 Å². The number of anilines is 1. The number of piperidine rings is 1. The summed E-state index contributed by atoms with van der Waals surface area (Å²) in [6.45, 7) is 6.73. The number of fused-ring (bicyclic) bond motifs is 4. The number of hydrogen-bond donors (Lipinski definition) is 1. The lowest BCUT2D eigenvalue weighted by Crippen LogP contribution is -2.40. The van der Waals surface area contributed by atoms with Crippen molar-refractivity contribution in [3.63, 3.8) is 0 Å². The van der Waals surface area contributed by atoms with Crippen molar-refractivity contribution < 1.29 is 18.3 Å². The molecular weight excluding hydrogens is 502 g/mol. The van der Waals surface area contributed by atoms with Crippen molar-refractivity contribution in [2.24, 2.45) is 7.05 Å². The van der Waals surface area contributed by atoms with Crippen LogP contribution < -0.4 is 10.1 Å². The second kappa shape index (κ2) is 9.43. The van der Waals surface area contributed by atoms with Crippen molar-refractivity contribution in [2.45, 2.75) is 64.5 Å². The van der Waals surface area contributed by atoms with Crippen molar-refractivity contribution in [2.75, 3.05) is 18.4 Å². The maximum Gasteiger partial charge on any atom is 0.273 e. The predicted octanol–water partition coefficient (Wildman–Crippen LogP) is 5.43. The third kappa shape index (κ3) is 4.45. The molecule has 1 amide bonds. The molecule has 39 heavy (non-hydrogen) atoms. The highest BCUT2D eigenvalue weighted by molar-refractivity contribution is 6.10. The second-order valence-corrected chi connectivity index (χ2v) is 10.7. The van der Waals surface area contributed by atoms with Gasteiger partial charge in [0.1, 0.15) is 29.0 Å². The smallest absolute Gasteiger partial charge is 0.273 e. The van der Waals surface area contributed by atoms with Gasteiger partial charge in [0.2, 0.25) is 5.91 Å². The van der Waals surface area contributed by atoms with Crippen LogP contribution in [-0.2, 0) is 24.2 Å². The number of ether oxygens (including phenoxy) is 1. The number of benzene rings is 2. The fraction of sp³-hybridized carbons (Fsp3) is 0.448. The molecule has 6 rings (SSSR count). The van der Waals surface area contributed by atoms with E-state index in [-0.39, 0.29) is 30.0 Å². The highest BCUT2D eigenvalue weighted by Crippen LogP contribution is 2.44. The van der Waals surface area contributed by atoms with Gasteiger partial charge in [0.05, 0.1) is 23.1 Å². The number of nitrogens with one attached hydrogen (secondary N) is 1. The van der Waals surface area contributed by atoms with Crippen LogP contribution in [0, 0.1) is 6.92 Å². The van der Waals surface area contributed by atoms with Gasteiger partial charge in [-0.05, 0) is 37.5 Å². The first-order valence-corrected chi connectivity index (χ1v) is 13.4. The van der Waals surface area contributed by atoms with Gasteiger partial charge >= 0.3 is 0 Å². The molecule has 0 saturated carbocycles. The van der Waals surface area contributed by atoms with E-state index in [2.05, 4.69) is 10.4 Å². The first-order valence-electron chi connectivity index (χ1n) is 13.4. The molecule has 1 saturated heterocycles. The van der Waals surface area contributed by atoms with Crippen molar-refractivity contribution in [3.05, 3.63) is 53.0 Å². The van der Waals surface area contributed by atoms with E-state index in [9.17, 15) is 13.6 Å². The number of carbonyl (C=O) groups is 1. The zero-order chi connectivity index (χ0) is 27.5. The Morgan fingerprint density at radius 3 is 2.72 bits per heavy atom. The van der Waals surface area contributed by atoms with Crippen molar-refractivity contribution in [1.29, 1.82) is 0 Å². The SMILES string of the molecule is CC(=O)N1CCC(Oc2cc3c(N[C@H](C)c4cccc5c4CCC5(F)F)nc(C)nc3c3cnn(C)c23)CC1. The van der Waals surface area contributed by atoms with Crippen molar-refractivity contribution >= 4 is 33.5 Å². The Morgan fingerprint density at radius 1 is 1.21 bits per heavy atom. The summed E-state index contributed by atoms with van der Waals surface area (Å²) >= 11 is 0.